The van der Waals surface area contributed by atoms with Gasteiger partial charge in [0.05, 0.1) is 22.5 Å². The summed E-state index contributed by atoms with van der Waals surface area (Å²) >= 11 is 15.6. The van der Waals surface area contributed by atoms with Crippen LogP contribution < -0.4 is 0 Å². The van der Waals surface area contributed by atoms with Gasteiger partial charge in [-0.1, -0.05) is 45.2 Å². The highest BCUT2D eigenvalue weighted by molar-refractivity contribution is 9.10. The maximum Gasteiger partial charge on any atom is 0.0856 e. The average molecular weight is 378 g/mol. The molecular weight excluding hydrogens is 363 g/mol. The summed E-state index contributed by atoms with van der Waals surface area (Å²) in [6.45, 7) is 4.58. The zero-order valence-corrected chi connectivity index (χ0v) is 14.3. The van der Waals surface area contributed by atoms with Crippen LogP contribution in [0.3, 0.4) is 0 Å². The van der Waals surface area contributed by atoms with Gasteiger partial charge in [0.25, 0.3) is 0 Å². The monoisotopic (exact) mass is 376 g/mol. The van der Waals surface area contributed by atoms with E-state index in [-0.39, 0.29) is 0 Å². The molecule has 1 unspecified atom stereocenters. The number of hydrogen-bond donors (Lipinski definition) is 1. The van der Waals surface area contributed by atoms with Gasteiger partial charge in [0, 0.05) is 22.5 Å². The molecule has 0 bridgehead atoms. The molecule has 0 radical (unpaired) electrons. The summed E-state index contributed by atoms with van der Waals surface area (Å²) in [6.07, 6.45) is -0.256. The Morgan fingerprint density at radius 1 is 1.40 bits per heavy atom. The van der Waals surface area contributed by atoms with Crippen molar-refractivity contribution < 1.29 is 5.11 Å². The van der Waals surface area contributed by atoms with Gasteiger partial charge in [-0.2, -0.15) is 5.10 Å². The molecule has 0 saturated heterocycles. The number of halogens is 3. The fourth-order valence-corrected chi connectivity index (χ4v) is 3.29. The molecule has 1 aromatic heterocycles. The maximum atomic E-state index is 10.4. The van der Waals surface area contributed by atoms with Gasteiger partial charge in [-0.15, -0.1) is 0 Å². The molecule has 0 spiro atoms. The minimum absolute atomic E-state index is 0.410. The second-order valence-corrected chi connectivity index (χ2v) is 6.22. The summed E-state index contributed by atoms with van der Waals surface area (Å²) in [6, 6.07) is 5.34. The number of hydrogen-bond acceptors (Lipinski definition) is 2. The van der Waals surface area contributed by atoms with Crippen LogP contribution in [-0.2, 0) is 13.0 Å². The standard InChI is InChI=1S/C14H15BrCl2N2O/c1-3-19-12(14(17)8(2)18-19)7-13(20)10-5-4-9(16)6-11(10)15/h4-6,13,20H,3,7H2,1-2H3. The van der Waals surface area contributed by atoms with E-state index in [2.05, 4.69) is 21.0 Å². The molecule has 2 aromatic rings. The van der Waals surface area contributed by atoms with Crippen molar-refractivity contribution in [3.63, 3.8) is 0 Å². The summed E-state index contributed by atoms with van der Waals surface area (Å²) < 4.78 is 2.61. The number of aliphatic hydroxyl groups is 1. The van der Waals surface area contributed by atoms with Crippen molar-refractivity contribution >= 4 is 39.1 Å². The van der Waals surface area contributed by atoms with Crippen LogP contribution in [0, 0.1) is 6.92 Å². The van der Waals surface area contributed by atoms with Gasteiger partial charge in [0.1, 0.15) is 0 Å². The third kappa shape index (κ3) is 3.19. The molecule has 1 N–H and O–H groups in total. The SMILES string of the molecule is CCn1nc(C)c(Cl)c1CC(O)c1ccc(Cl)cc1Br. The first kappa shape index (κ1) is 15.8. The van der Waals surface area contributed by atoms with Crippen LogP contribution in [0.2, 0.25) is 10.0 Å². The van der Waals surface area contributed by atoms with E-state index < -0.39 is 6.10 Å². The van der Waals surface area contributed by atoms with Gasteiger partial charge >= 0.3 is 0 Å². The van der Waals surface area contributed by atoms with E-state index in [0.717, 1.165) is 28.0 Å². The van der Waals surface area contributed by atoms with Gasteiger partial charge in [-0.3, -0.25) is 4.68 Å². The van der Waals surface area contributed by atoms with Gasteiger partial charge in [0.2, 0.25) is 0 Å². The molecule has 0 aliphatic heterocycles. The smallest absolute Gasteiger partial charge is 0.0856 e. The predicted octanol–water partition coefficient (Wildman–Crippen LogP) is 4.56. The summed E-state index contributed by atoms with van der Waals surface area (Å²) in [7, 11) is 0. The lowest BCUT2D eigenvalue weighted by Crippen LogP contribution is -2.09. The van der Waals surface area contributed by atoms with Crippen LogP contribution >= 0.6 is 39.1 Å². The van der Waals surface area contributed by atoms with Gasteiger partial charge in [0.15, 0.2) is 0 Å². The Morgan fingerprint density at radius 2 is 2.10 bits per heavy atom. The number of benzene rings is 1. The molecule has 0 aliphatic carbocycles. The first-order valence-electron chi connectivity index (χ1n) is 6.28. The van der Waals surface area contributed by atoms with Gasteiger partial charge in [-0.25, -0.2) is 0 Å². The molecule has 0 fully saturated rings. The van der Waals surface area contributed by atoms with Crippen LogP contribution in [0.5, 0.6) is 0 Å². The molecule has 0 saturated carbocycles. The molecule has 2 rings (SSSR count). The average Bonchev–Trinajstić information content (AvgIpc) is 2.66. The zero-order chi connectivity index (χ0) is 14.9. The van der Waals surface area contributed by atoms with E-state index in [0.29, 0.717) is 16.5 Å². The Balaban J connectivity index is 2.30. The lowest BCUT2D eigenvalue weighted by molar-refractivity contribution is 0.174. The highest BCUT2D eigenvalue weighted by Crippen LogP contribution is 2.31. The van der Waals surface area contributed by atoms with Crippen molar-refractivity contribution in [2.45, 2.75) is 32.9 Å². The van der Waals surface area contributed by atoms with E-state index in [9.17, 15) is 5.11 Å². The second-order valence-electron chi connectivity index (χ2n) is 4.55. The van der Waals surface area contributed by atoms with Crippen molar-refractivity contribution in [3.8, 4) is 0 Å². The third-order valence-corrected chi connectivity index (χ3v) is 4.57. The molecule has 108 valence electrons. The number of nitrogens with zero attached hydrogens (tertiary/aromatic N) is 2. The highest BCUT2D eigenvalue weighted by Gasteiger charge is 2.19. The maximum absolute atomic E-state index is 10.4. The van der Waals surface area contributed by atoms with E-state index in [1.807, 2.05) is 24.6 Å². The Labute approximate surface area is 136 Å². The summed E-state index contributed by atoms with van der Waals surface area (Å²) in [5.74, 6) is 0. The number of aliphatic hydroxyl groups excluding tert-OH is 1. The molecule has 0 aliphatic rings. The van der Waals surface area contributed by atoms with Crippen LogP contribution in [0.15, 0.2) is 22.7 Å². The topological polar surface area (TPSA) is 38.0 Å². The fraction of sp³-hybridized carbons (Fsp3) is 0.357. The van der Waals surface area contributed by atoms with Crippen LogP contribution in [0.25, 0.3) is 0 Å². The molecule has 6 heteroatoms. The molecule has 1 atom stereocenters. The van der Waals surface area contributed by atoms with Crippen molar-refractivity contribution in [2.24, 2.45) is 0 Å². The second kappa shape index (κ2) is 6.48. The Kier molecular flexibility index (Phi) is 5.13. The lowest BCUT2D eigenvalue weighted by Gasteiger charge is -2.14. The molecule has 20 heavy (non-hydrogen) atoms. The lowest BCUT2D eigenvalue weighted by atomic mass is 10.0. The van der Waals surface area contributed by atoms with Crippen LogP contribution in [-0.4, -0.2) is 14.9 Å². The van der Waals surface area contributed by atoms with E-state index in [4.69, 9.17) is 23.2 Å². The van der Waals surface area contributed by atoms with Crippen molar-refractivity contribution in [2.75, 3.05) is 0 Å². The summed E-state index contributed by atoms with van der Waals surface area (Å²) in [4.78, 5) is 0. The van der Waals surface area contributed by atoms with E-state index >= 15 is 0 Å². The normalized spacial score (nSPS) is 12.7. The molecule has 3 nitrogen and oxygen atoms in total. The first-order valence-corrected chi connectivity index (χ1v) is 7.83. The molecule has 1 aromatic carbocycles. The minimum atomic E-state index is -0.666. The quantitative estimate of drug-likeness (QED) is 0.848. The Bertz CT molecular complexity index is 628. The van der Waals surface area contributed by atoms with Crippen molar-refractivity contribution in [1.82, 2.24) is 9.78 Å². The fourth-order valence-electron chi connectivity index (χ4n) is 2.13. The van der Waals surface area contributed by atoms with Gasteiger partial charge in [-0.05, 0) is 31.5 Å². The highest BCUT2D eigenvalue weighted by atomic mass is 79.9. The molecule has 0 amide bonds. The Morgan fingerprint density at radius 3 is 2.70 bits per heavy atom. The van der Waals surface area contributed by atoms with Crippen molar-refractivity contribution in [3.05, 3.63) is 49.7 Å². The van der Waals surface area contributed by atoms with Crippen molar-refractivity contribution in [1.29, 1.82) is 0 Å². The first-order chi connectivity index (χ1) is 9.43. The van der Waals surface area contributed by atoms with E-state index in [1.54, 1.807) is 12.1 Å². The molecular formula is C14H15BrCl2N2O. The summed E-state index contributed by atoms with van der Waals surface area (Å²) in [5, 5.41) is 16.0. The predicted molar refractivity (Wildman–Crippen MR) is 85.5 cm³/mol. The Hall–Kier alpha value is -0.550. The number of aromatic nitrogens is 2. The van der Waals surface area contributed by atoms with Gasteiger partial charge < -0.3 is 5.11 Å². The number of rotatable bonds is 4. The number of aryl methyl sites for hydroxylation is 2. The third-order valence-electron chi connectivity index (χ3n) is 3.16. The van der Waals surface area contributed by atoms with Crippen LogP contribution in [0.1, 0.15) is 30.0 Å². The van der Waals surface area contributed by atoms with Crippen LogP contribution in [0.4, 0.5) is 0 Å². The molecule has 1 heterocycles. The minimum Gasteiger partial charge on any atom is -0.388 e. The summed E-state index contributed by atoms with van der Waals surface area (Å²) in [5.41, 5.74) is 2.42. The van der Waals surface area contributed by atoms with E-state index in [1.165, 1.54) is 0 Å². The largest absolute Gasteiger partial charge is 0.388 e. The zero-order valence-electron chi connectivity index (χ0n) is 11.2.